The van der Waals surface area contributed by atoms with Gasteiger partial charge in [-0.15, -0.1) is 0 Å². The molecule has 0 aliphatic carbocycles. The number of aliphatic hydroxyl groups excluding tert-OH is 2. The molecule has 4 nitrogen and oxygen atoms in total. The molecule has 0 saturated carbocycles. The topological polar surface area (TPSA) is 61.7 Å². The van der Waals surface area contributed by atoms with E-state index in [-0.39, 0.29) is 12.7 Å². The summed E-state index contributed by atoms with van der Waals surface area (Å²) in [6, 6.07) is 0. The molecule has 0 aromatic carbocycles. The lowest BCUT2D eigenvalue weighted by molar-refractivity contribution is 0.00645. The van der Waals surface area contributed by atoms with Gasteiger partial charge in [-0.2, -0.15) is 0 Å². The van der Waals surface area contributed by atoms with Crippen LogP contribution in [0.4, 0.5) is 0 Å². The summed E-state index contributed by atoms with van der Waals surface area (Å²) >= 11 is 0. The van der Waals surface area contributed by atoms with Crippen molar-refractivity contribution in [3.05, 3.63) is 0 Å². The second kappa shape index (κ2) is 10.4. The van der Waals surface area contributed by atoms with E-state index in [1.54, 1.807) is 0 Å². The number of unbranched alkanes of at least 4 members (excludes halogenated alkanes) is 2. The van der Waals surface area contributed by atoms with Crippen molar-refractivity contribution in [3.63, 3.8) is 0 Å². The quantitative estimate of drug-likeness (QED) is 0.469. The molecule has 0 spiro atoms. The van der Waals surface area contributed by atoms with Crippen LogP contribution in [0.2, 0.25) is 0 Å². The molecule has 3 N–H and O–H groups in total. The molecule has 0 aliphatic heterocycles. The summed E-state index contributed by atoms with van der Waals surface area (Å²) in [6.07, 6.45) is 2.68. The summed E-state index contributed by atoms with van der Waals surface area (Å²) in [6.45, 7) is 6.03. The highest BCUT2D eigenvalue weighted by Crippen LogP contribution is 1.93. The van der Waals surface area contributed by atoms with Crippen LogP contribution in [0, 0.1) is 0 Å². The van der Waals surface area contributed by atoms with E-state index in [1.165, 1.54) is 0 Å². The Morgan fingerprint density at radius 2 is 1.93 bits per heavy atom. The molecule has 0 amide bonds. The van der Waals surface area contributed by atoms with Crippen molar-refractivity contribution in [2.75, 3.05) is 26.3 Å². The molecule has 92 valence electrons. The molecule has 1 atom stereocenters. The largest absolute Gasteiger partial charge is 0.396 e. The van der Waals surface area contributed by atoms with Gasteiger partial charge in [0.2, 0.25) is 0 Å². The van der Waals surface area contributed by atoms with Gasteiger partial charge in [-0.25, -0.2) is 0 Å². The number of hydrogen-bond acceptors (Lipinski definition) is 4. The van der Waals surface area contributed by atoms with E-state index in [0.717, 1.165) is 25.8 Å². The molecule has 1 unspecified atom stereocenters. The molecule has 0 fully saturated rings. The van der Waals surface area contributed by atoms with E-state index in [1.807, 2.05) is 13.8 Å². The maximum absolute atomic E-state index is 9.47. The highest BCUT2D eigenvalue weighted by Gasteiger charge is 2.04. The summed E-state index contributed by atoms with van der Waals surface area (Å²) < 4.78 is 5.28. The Morgan fingerprint density at radius 3 is 2.53 bits per heavy atom. The van der Waals surface area contributed by atoms with Crippen LogP contribution in [0.1, 0.15) is 33.1 Å². The lowest BCUT2D eigenvalue weighted by atomic mass is 10.2. The van der Waals surface area contributed by atoms with Crippen LogP contribution < -0.4 is 5.32 Å². The summed E-state index contributed by atoms with van der Waals surface area (Å²) in [5, 5.41) is 21.2. The van der Waals surface area contributed by atoms with Crippen LogP contribution in [0.3, 0.4) is 0 Å². The molecule has 0 heterocycles. The van der Waals surface area contributed by atoms with Gasteiger partial charge in [0, 0.05) is 13.2 Å². The predicted molar refractivity (Wildman–Crippen MR) is 60.9 cm³/mol. The fraction of sp³-hybridized carbons (Fsp3) is 1.00. The van der Waals surface area contributed by atoms with Crippen LogP contribution >= 0.6 is 0 Å². The Kier molecular flexibility index (Phi) is 10.3. The SMILES string of the molecule is CC(C)OCC(O)CNCCCCCO. The van der Waals surface area contributed by atoms with Gasteiger partial charge in [-0.1, -0.05) is 0 Å². The second-order valence-electron chi connectivity index (χ2n) is 4.02. The number of aliphatic hydroxyl groups is 2. The highest BCUT2D eigenvalue weighted by molar-refractivity contribution is 4.59. The van der Waals surface area contributed by atoms with Crippen molar-refractivity contribution in [1.29, 1.82) is 0 Å². The minimum absolute atomic E-state index is 0.171. The number of nitrogens with one attached hydrogen (secondary N) is 1. The lowest BCUT2D eigenvalue weighted by Gasteiger charge is -2.14. The maximum Gasteiger partial charge on any atom is 0.0897 e. The Hall–Kier alpha value is -0.160. The summed E-state index contributed by atoms with van der Waals surface area (Å²) in [7, 11) is 0. The zero-order chi connectivity index (χ0) is 11.5. The molecule has 0 aromatic rings. The molecular formula is C11H25NO3. The third kappa shape index (κ3) is 11.8. The normalized spacial score (nSPS) is 13.4. The maximum atomic E-state index is 9.47. The number of hydrogen-bond donors (Lipinski definition) is 3. The zero-order valence-electron chi connectivity index (χ0n) is 9.91. The standard InChI is InChI=1S/C11H25NO3/c1-10(2)15-9-11(14)8-12-6-4-3-5-7-13/h10-14H,3-9H2,1-2H3. The van der Waals surface area contributed by atoms with Gasteiger partial charge >= 0.3 is 0 Å². The first kappa shape index (κ1) is 14.8. The van der Waals surface area contributed by atoms with Crippen molar-refractivity contribution in [1.82, 2.24) is 5.32 Å². The monoisotopic (exact) mass is 219 g/mol. The third-order valence-electron chi connectivity index (χ3n) is 2.01. The van der Waals surface area contributed by atoms with E-state index in [2.05, 4.69) is 5.32 Å². The lowest BCUT2D eigenvalue weighted by Crippen LogP contribution is -2.31. The summed E-state index contributed by atoms with van der Waals surface area (Å²) in [5.74, 6) is 0. The first-order valence-electron chi connectivity index (χ1n) is 5.78. The average Bonchev–Trinajstić information content (AvgIpc) is 2.20. The van der Waals surface area contributed by atoms with Gasteiger partial charge < -0.3 is 20.3 Å². The van der Waals surface area contributed by atoms with Crippen molar-refractivity contribution in [3.8, 4) is 0 Å². The van der Waals surface area contributed by atoms with E-state index in [0.29, 0.717) is 13.2 Å². The molecule has 0 rings (SSSR count). The third-order valence-corrected chi connectivity index (χ3v) is 2.01. The van der Waals surface area contributed by atoms with E-state index < -0.39 is 6.10 Å². The van der Waals surface area contributed by atoms with Gasteiger partial charge in [0.05, 0.1) is 18.8 Å². The van der Waals surface area contributed by atoms with Gasteiger partial charge in [0.25, 0.3) is 0 Å². The Morgan fingerprint density at radius 1 is 1.20 bits per heavy atom. The van der Waals surface area contributed by atoms with Crippen LogP contribution in [-0.2, 0) is 4.74 Å². The van der Waals surface area contributed by atoms with Crippen LogP contribution in [0.25, 0.3) is 0 Å². The van der Waals surface area contributed by atoms with E-state index in [9.17, 15) is 5.11 Å². The van der Waals surface area contributed by atoms with Crippen molar-refractivity contribution in [2.45, 2.75) is 45.3 Å². The molecular weight excluding hydrogens is 194 g/mol. The van der Waals surface area contributed by atoms with Crippen LogP contribution in [0.5, 0.6) is 0 Å². The predicted octanol–water partition coefficient (Wildman–Crippen LogP) is 0.524. The van der Waals surface area contributed by atoms with Gasteiger partial charge in [0.1, 0.15) is 0 Å². The first-order chi connectivity index (χ1) is 7.16. The molecule has 0 radical (unpaired) electrons. The minimum Gasteiger partial charge on any atom is -0.396 e. The number of ether oxygens (including phenoxy) is 1. The molecule has 15 heavy (non-hydrogen) atoms. The molecule has 0 aromatic heterocycles. The Labute approximate surface area is 92.6 Å². The van der Waals surface area contributed by atoms with Crippen LogP contribution in [0.15, 0.2) is 0 Å². The number of rotatable bonds is 10. The highest BCUT2D eigenvalue weighted by atomic mass is 16.5. The zero-order valence-corrected chi connectivity index (χ0v) is 9.91. The fourth-order valence-corrected chi connectivity index (χ4v) is 1.17. The van der Waals surface area contributed by atoms with Crippen molar-refractivity contribution < 1.29 is 14.9 Å². The van der Waals surface area contributed by atoms with Gasteiger partial charge in [-0.3, -0.25) is 0 Å². The van der Waals surface area contributed by atoms with Gasteiger partial charge in [-0.05, 0) is 39.7 Å². The van der Waals surface area contributed by atoms with E-state index in [4.69, 9.17) is 9.84 Å². The molecule has 4 heteroatoms. The smallest absolute Gasteiger partial charge is 0.0897 e. The Bertz CT molecular complexity index is 131. The molecule has 0 bridgehead atoms. The molecule has 0 saturated heterocycles. The van der Waals surface area contributed by atoms with Crippen molar-refractivity contribution in [2.24, 2.45) is 0 Å². The summed E-state index contributed by atoms with van der Waals surface area (Å²) in [5.41, 5.74) is 0. The van der Waals surface area contributed by atoms with Crippen LogP contribution in [-0.4, -0.2) is 48.7 Å². The summed E-state index contributed by atoms with van der Waals surface area (Å²) in [4.78, 5) is 0. The minimum atomic E-state index is -0.426. The first-order valence-corrected chi connectivity index (χ1v) is 5.78. The second-order valence-corrected chi connectivity index (χ2v) is 4.02. The fourth-order valence-electron chi connectivity index (χ4n) is 1.17. The molecule has 0 aliphatic rings. The van der Waals surface area contributed by atoms with E-state index >= 15 is 0 Å². The van der Waals surface area contributed by atoms with Gasteiger partial charge in [0.15, 0.2) is 0 Å². The average molecular weight is 219 g/mol. The Balaban J connectivity index is 3.13. The van der Waals surface area contributed by atoms with Crippen molar-refractivity contribution >= 4 is 0 Å².